The van der Waals surface area contributed by atoms with Crippen LogP contribution in [-0.2, 0) is 24.7 Å². The van der Waals surface area contributed by atoms with Gasteiger partial charge in [0, 0.05) is 23.5 Å². The fourth-order valence-corrected chi connectivity index (χ4v) is 4.14. The molecule has 2 aromatic carbocycles. The number of methoxy groups -OCH3 is 1. The molecule has 2 aromatic rings. The van der Waals surface area contributed by atoms with E-state index in [0.29, 0.717) is 22.0 Å². The van der Waals surface area contributed by atoms with E-state index in [0.717, 1.165) is 5.56 Å². The molecule has 0 fully saturated rings. The molecule has 1 aliphatic rings. The largest absolute Gasteiger partial charge is 0.478 e. The average molecular weight is 456 g/mol. The van der Waals surface area contributed by atoms with Crippen LogP contribution in [0.2, 0.25) is 5.02 Å². The molecule has 0 bridgehead atoms. The summed E-state index contributed by atoms with van der Waals surface area (Å²) in [6, 6.07) is 16.3. The van der Waals surface area contributed by atoms with Crippen molar-refractivity contribution in [3.05, 3.63) is 93.3 Å². The van der Waals surface area contributed by atoms with Gasteiger partial charge in [0.1, 0.15) is 12.2 Å². The molecular formula is C25H26ClNO5. The third-order valence-corrected chi connectivity index (χ3v) is 6.08. The number of aliphatic carboxylic acids is 1. The molecule has 2 unspecified atom stereocenters. The number of allylic oxidation sites excluding steroid dienone is 2. The molecule has 0 saturated carbocycles. The molecule has 0 aromatic heterocycles. The van der Waals surface area contributed by atoms with E-state index in [1.165, 1.54) is 0 Å². The van der Waals surface area contributed by atoms with Gasteiger partial charge >= 0.3 is 11.9 Å². The van der Waals surface area contributed by atoms with Crippen molar-refractivity contribution in [1.29, 1.82) is 0 Å². The Morgan fingerprint density at radius 2 is 1.62 bits per heavy atom. The van der Waals surface area contributed by atoms with Gasteiger partial charge in [0.15, 0.2) is 0 Å². The summed E-state index contributed by atoms with van der Waals surface area (Å²) in [7, 11) is 1.55. The van der Waals surface area contributed by atoms with Crippen LogP contribution in [-0.4, -0.2) is 30.8 Å². The number of esters is 1. The normalized spacial score (nSPS) is 18.1. The monoisotopic (exact) mass is 455 g/mol. The predicted molar refractivity (Wildman–Crippen MR) is 122 cm³/mol. The van der Waals surface area contributed by atoms with Crippen molar-refractivity contribution < 1.29 is 24.2 Å². The highest BCUT2D eigenvalue weighted by atomic mass is 35.5. The number of benzene rings is 2. The third-order valence-electron chi connectivity index (χ3n) is 5.74. The summed E-state index contributed by atoms with van der Waals surface area (Å²) in [6.07, 6.45) is 0. The Hall–Kier alpha value is -3.09. The van der Waals surface area contributed by atoms with Gasteiger partial charge in [-0.25, -0.2) is 9.59 Å². The number of nitrogens with one attached hydrogen (secondary N) is 1. The number of hydrogen-bond donors (Lipinski definition) is 2. The summed E-state index contributed by atoms with van der Waals surface area (Å²) >= 11 is 6.41. The summed E-state index contributed by atoms with van der Waals surface area (Å²) in [6.45, 7) is 5.16. The van der Waals surface area contributed by atoms with Crippen LogP contribution < -0.4 is 5.32 Å². The Kier molecular flexibility index (Phi) is 7.06. The summed E-state index contributed by atoms with van der Waals surface area (Å²) < 4.78 is 11.4. The van der Waals surface area contributed by atoms with Crippen LogP contribution in [0.5, 0.6) is 0 Å². The molecule has 168 valence electrons. The Labute approximate surface area is 192 Å². The summed E-state index contributed by atoms with van der Waals surface area (Å²) in [4.78, 5) is 25.5. The van der Waals surface area contributed by atoms with Gasteiger partial charge in [0.25, 0.3) is 0 Å². The summed E-state index contributed by atoms with van der Waals surface area (Å²) in [5.74, 6) is -2.64. The number of carboxylic acids is 1. The number of halogens is 1. The molecule has 0 saturated heterocycles. The minimum absolute atomic E-state index is 0.0493. The molecule has 32 heavy (non-hydrogen) atoms. The third kappa shape index (κ3) is 4.56. The topological polar surface area (TPSA) is 84.9 Å². The standard InChI is InChI=1S/C25H26ClNO5/c1-15-20(23(28)29)22(18-12-8-9-13-19(18)26)21(16(2)27-15)24(30)32-14-25(3,31-4)17-10-6-5-7-11-17/h5-13,22,27H,14H2,1-4H3,(H,28,29). The second-order valence-corrected chi connectivity index (χ2v) is 8.25. The van der Waals surface area contributed by atoms with Gasteiger partial charge in [-0.1, -0.05) is 60.1 Å². The zero-order chi connectivity index (χ0) is 23.5. The molecular weight excluding hydrogens is 430 g/mol. The number of rotatable bonds is 7. The van der Waals surface area contributed by atoms with Crippen molar-refractivity contribution >= 4 is 23.5 Å². The SMILES string of the molecule is COC(C)(COC(=O)C1=C(C)NC(C)=C(C(=O)O)C1c1ccccc1Cl)c1ccccc1. The van der Waals surface area contributed by atoms with E-state index < -0.39 is 23.5 Å². The fourth-order valence-electron chi connectivity index (χ4n) is 3.90. The Morgan fingerprint density at radius 1 is 1.03 bits per heavy atom. The summed E-state index contributed by atoms with van der Waals surface area (Å²) in [5.41, 5.74) is 1.72. The number of ether oxygens (including phenoxy) is 2. The first-order valence-corrected chi connectivity index (χ1v) is 10.5. The predicted octanol–water partition coefficient (Wildman–Crippen LogP) is 4.76. The molecule has 1 aliphatic heterocycles. The summed E-state index contributed by atoms with van der Waals surface area (Å²) in [5, 5.41) is 13.3. The van der Waals surface area contributed by atoms with Crippen LogP contribution >= 0.6 is 11.6 Å². The van der Waals surface area contributed by atoms with E-state index in [2.05, 4.69) is 5.32 Å². The lowest BCUT2D eigenvalue weighted by atomic mass is 9.80. The van der Waals surface area contributed by atoms with Crippen molar-refractivity contribution in [2.24, 2.45) is 0 Å². The number of hydrogen-bond acceptors (Lipinski definition) is 5. The number of carboxylic acid groups (broad SMARTS) is 1. The molecule has 0 amide bonds. The molecule has 2 N–H and O–H groups in total. The van der Waals surface area contributed by atoms with E-state index in [1.807, 2.05) is 37.3 Å². The zero-order valence-electron chi connectivity index (χ0n) is 18.4. The van der Waals surface area contributed by atoms with Gasteiger partial charge in [-0.2, -0.15) is 0 Å². The van der Waals surface area contributed by atoms with Crippen LogP contribution in [0, 0.1) is 0 Å². The smallest absolute Gasteiger partial charge is 0.336 e. The molecule has 3 rings (SSSR count). The van der Waals surface area contributed by atoms with E-state index in [4.69, 9.17) is 21.1 Å². The van der Waals surface area contributed by atoms with Crippen molar-refractivity contribution in [2.45, 2.75) is 32.3 Å². The van der Waals surface area contributed by atoms with Crippen molar-refractivity contribution in [1.82, 2.24) is 5.32 Å². The molecule has 1 heterocycles. The molecule has 6 nitrogen and oxygen atoms in total. The second-order valence-electron chi connectivity index (χ2n) is 7.84. The van der Waals surface area contributed by atoms with Crippen LogP contribution in [0.4, 0.5) is 0 Å². The highest BCUT2D eigenvalue weighted by molar-refractivity contribution is 6.31. The first kappa shape index (κ1) is 23.6. The number of carbonyl (C=O) groups is 2. The number of carbonyl (C=O) groups excluding carboxylic acids is 1. The van der Waals surface area contributed by atoms with E-state index in [9.17, 15) is 14.7 Å². The van der Waals surface area contributed by atoms with Crippen molar-refractivity contribution in [3.8, 4) is 0 Å². The van der Waals surface area contributed by atoms with Gasteiger partial charge in [-0.3, -0.25) is 0 Å². The van der Waals surface area contributed by atoms with Crippen LogP contribution in [0.1, 0.15) is 37.8 Å². The van der Waals surface area contributed by atoms with Gasteiger partial charge in [0.05, 0.1) is 17.1 Å². The zero-order valence-corrected chi connectivity index (χ0v) is 19.2. The van der Waals surface area contributed by atoms with E-state index in [1.54, 1.807) is 45.2 Å². The molecule has 2 atom stereocenters. The van der Waals surface area contributed by atoms with Crippen LogP contribution in [0.15, 0.2) is 77.1 Å². The average Bonchev–Trinajstić information content (AvgIpc) is 2.77. The molecule has 0 radical (unpaired) electrons. The van der Waals surface area contributed by atoms with E-state index >= 15 is 0 Å². The minimum Gasteiger partial charge on any atom is -0.478 e. The quantitative estimate of drug-likeness (QED) is 0.585. The van der Waals surface area contributed by atoms with E-state index in [-0.39, 0.29) is 17.8 Å². The maximum absolute atomic E-state index is 13.3. The van der Waals surface area contributed by atoms with Gasteiger partial charge in [-0.05, 0) is 38.0 Å². The van der Waals surface area contributed by atoms with Crippen LogP contribution in [0.25, 0.3) is 0 Å². The number of dihydropyridines is 1. The maximum Gasteiger partial charge on any atom is 0.336 e. The molecule has 7 heteroatoms. The van der Waals surface area contributed by atoms with Gasteiger partial charge in [-0.15, -0.1) is 0 Å². The molecule has 0 spiro atoms. The lowest BCUT2D eigenvalue weighted by Crippen LogP contribution is -2.35. The Balaban J connectivity index is 1.98. The fraction of sp³-hybridized carbons (Fsp3) is 0.280. The highest BCUT2D eigenvalue weighted by Crippen LogP contribution is 2.41. The Morgan fingerprint density at radius 3 is 2.22 bits per heavy atom. The molecule has 0 aliphatic carbocycles. The first-order chi connectivity index (χ1) is 15.2. The van der Waals surface area contributed by atoms with Crippen molar-refractivity contribution in [2.75, 3.05) is 13.7 Å². The second kappa shape index (κ2) is 9.59. The van der Waals surface area contributed by atoms with Crippen LogP contribution in [0.3, 0.4) is 0 Å². The first-order valence-electron chi connectivity index (χ1n) is 10.1. The highest BCUT2D eigenvalue weighted by Gasteiger charge is 2.39. The lowest BCUT2D eigenvalue weighted by Gasteiger charge is -2.32. The van der Waals surface area contributed by atoms with Gasteiger partial charge < -0.3 is 19.9 Å². The van der Waals surface area contributed by atoms with Gasteiger partial charge in [0.2, 0.25) is 0 Å². The lowest BCUT2D eigenvalue weighted by molar-refractivity contribution is -0.149. The Bertz CT molecular complexity index is 1090. The van der Waals surface area contributed by atoms with Crippen molar-refractivity contribution in [3.63, 3.8) is 0 Å². The minimum atomic E-state index is -1.14. The maximum atomic E-state index is 13.3.